The van der Waals surface area contributed by atoms with Gasteiger partial charge >= 0.3 is 5.97 Å². The SMILES string of the molecule is O=C(O)c1[nH]c2c(-c3cn(Cc4cncs4)c4cnccc34)cccc2c1CCCOc1cccc2ccccc12. The number of nitrogens with zero attached hydrogens (tertiary/aromatic N) is 3. The minimum atomic E-state index is -0.964. The van der Waals surface area contributed by atoms with E-state index >= 15 is 0 Å². The number of aromatic carboxylic acids is 1. The van der Waals surface area contributed by atoms with Gasteiger partial charge in [-0.15, -0.1) is 11.3 Å². The fraction of sp³-hybridized carbons (Fsp3) is 0.121. The standard InChI is InChI=1S/C33H26N4O3S/c38-33(39)32-26(11-5-15-40-30-12-3-7-21-6-1-2-8-23(21)30)25-9-4-10-27(31(25)36-32)28-19-37(18-22-16-35-20-41-22)29-17-34-14-13-24(28)29/h1-4,6-10,12-14,16-17,19-20,36H,5,11,15,18H2,(H,38,39). The lowest BCUT2D eigenvalue weighted by molar-refractivity contribution is 0.0690. The number of aromatic nitrogens is 4. The van der Waals surface area contributed by atoms with Gasteiger partial charge < -0.3 is 19.4 Å². The van der Waals surface area contributed by atoms with E-state index in [0.29, 0.717) is 26.0 Å². The molecule has 0 fully saturated rings. The summed E-state index contributed by atoms with van der Waals surface area (Å²) in [5, 5.41) is 14.3. The molecule has 0 atom stereocenters. The summed E-state index contributed by atoms with van der Waals surface area (Å²) >= 11 is 1.62. The lowest BCUT2D eigenvalue weighted by atomic mass is 10.00. The number of aryl methyl sites for hydroxylation is 1. The van der Waals surface area contributed by atoms with Crippen molar-refractivity contribution in [2.45, 2.75) is 19.4 Å². The van der Waals surface area contributed by atoms with Crippen molar-refractivity contribution in [2.24, 2.45) is 0 Å². The fourth-order valence-corrected chi connectivity index (χ4v) is 6.26. The number of carboxylic acid groups (broad SMARTS) is 1. The second-order valence-corrected chi connectivity index (χ2v) is 10.9. The highest BCUT2D eigenvalue weighted by Crippen LogP contribution is 2.37. The van der Waals surface area contributed by atoms with Gasteiger partial charge in [-0.1, -0.05) is 54.6 Å². The Balaban J connectivity index is 1.22. The van der Waals surface area contributed by atoms with Crippen molar-refractivity contribution in [1.82, 2.24) is 19.5 Å². The Morgan fingerprint density at radius 3 is 2.66 bits per heavy atom. The first-order chi connectivity index (χ1) is 20.2. The maximum Gasteiger partial charge on any atom is 0.352 e. The van der Waals surface area contributed by atoms with Crippen LogP contribution in [0, 0.1) is 0 Å². The minimum Gasteiger partial charge on any atom is -0.493 e. The number of rotatable bonds is 9. The first-order valence-corrected chi connectivity index (χ1v) is 14.3. The number of benzene rings is 3. The van der Waals surface area contributed by atoms with Gasteiger partial charge in [-0.05, 0) is 35.9 Å². The van der Waals surface area contributed by atoms with Gasteiger partial charge in [0.1, 0.15) is 11.4 Å². The van der Waals surface area contributed by atoms with E-state index in [1.54, 1.807) is 17.5 Å². The van der Waals surface area contributed by atoms with Crippen LogP contribution in [0.5, 0.6) is 5.75 Å². The molecule has 0 bridgehead atoms. The third-order valence-electron chi connectivity index (χ3n) is 7.52. The fourth-order valence-electron chi connectivity index (χ4n) is 5.66. The molecule has 3 aromatic carbocycles. The number of ether oxygens (including phenoxy) is 1. The monoisotopic (exact) mass is 558 g/mol. The van der Waals surface area contributed by atoms with Gasteiger partial charge in [-0.3, -0.25) is 9.97 Å². The smallest absolute Gasteiger partial charge is 0.352 e. The predicted molar refractivity (Wildman–Crippen MR) is 163 cm³/mol. The first kappa shape index (κ1) is 25.0. The number of hydrogen-bond donors (Lipinski definition) is 2. The molecule has 0 aliphatic carbocycles. The number of thiazole rings is 1. The summed E-state index contributed by atoms with van der Waals surface area (Å²) in [4.78, 5) is 25.3. The average Bonchev–Trinajstić information content (AvgIpc) is 3.74. The molecule has 0 unspecified atom stereocenters. The van der Waals surface area contributed by atoms with Crippen LogP contribution in [0.25, 0.3) is 43.7 Å². The van der Waals surface area contributed by atoms with Gasteiger partial charge in [0, 0.05) is 50.8 Å². The zero-order chi connectivity index (χ0) is 27.8. The largest absolute Gasteiger partial charge is 0.493 e. The molecule has 7 rings (SSSR count). The molecule has 0 radical (unpaired) electrons. The van der Waals surface area contributed by atoms with Crippen molar-refractivity contribution in [3.8, 4) is 16.9 Å². The number of hydrogen-bond acceptors (Lipinski definition) is 5. The number of carboxylic acids is 1. The van der Waals surface area contributed by atoms with E-state index in [2.05, 4.69) is 43.9 Å². The zero-order valence-electron chi connectivity index (χ0n) is 22.1. The van der Waals surface area contributed by atoms with Gasteiger partial charge in [-0.25, -0.2) is 4.79 Å². The first-order valence-electron chi connectivity index (χ1n) is 13.5. The quantitative estimate of drug-likeness (QED) is 0.178. The molecule has 4 aromatic heterocycles. The summed E-state index contributed by atoms with van der Waals surface area (Å²) in [6.07, 6.45) is 8.93. The van der Waals surface area contributed by atoms with Gasteiger partial charge in [0.25, 0.3) is 0 Å². The molecule has 0 saturated heterocycles. The van der Waals surface area contributed by atoms with E-state index in [-0.39, 0.29) is 5.69 Å². The molecule has 0 aliphatic rings. The van der Waals surface area contributed by atoms with Crippen molar-refractivity contribution in [1.29, 1.82) is 0 Å². The summed E-state index contributed by atoms with van der Waals surface area (Å²) in [5.74, 6) is -0.124. The lowest BCUT2D eigenvalue weighted by Gasteiger charge is -2.09. The molecule has 0 amide bonds. The van der Waals surface area contributed by atoms with Gasteiger partial charge in [0.2, 0.25) is 0 Å². The number of carbonyl (C=O) groups is 1. The Hall–Kier alpha value is -4.95. The second-order valence-electron chi connectivity index (χ2n) is 9.97. The molecule has 7 aromatic rings. The van der Waals surface area contributed by atoms with Crippen LogP contribution in [0.1, 0.15) is 27.3 Å². The minimum absolute atomic E-state index is 0.229. The number of fused-ring (bicyclic) bond motifs is 3. The van der Waals surface area contributed by atoms with Crippen molar-refractivity contribution < 1.29 is 14.6 Å². The third kappa shape index (κ3) is 4.62. The van der Waals surface area contributed by atoms with E-state index in [0.717, 1.165) is 59.9 Å². The summed E-state index contributed by atoms with van der Waals surface area (Å²) in [7, 11) is 0. The maximum atomic E-state index is 12.4. The topological polar surface area (TPSA) is 93.0 Å². The van der Waals surface area contributed by atoms with Crippen molar-refractivity contribution in [3.05, 3.63) is 113 Å². The van der Waals surface area contributed by atoms with Crippen molar-refractivity contribution >= 4 is 49.9 Å². The Morgan fingerprint density at radius 1 is 0.927 bits per heavy atom. The van der Waals surface area contributed by atoms with E-state index in [9.17, 15) is 9.90 Å². The van der Waals surface area contributed by atoms with E-state index in [1.165, 1.54) is 0 Å². The Kier molecular flexibility index (Phi) is 6.45. The molecular formula is C33H26N4O3S. The number of para-hydroxylation sites is 1. The summed E-state index contributed by atoms with van der Waals surface area (Å²) < 4.78 is 8.32. The van der Waals surface area contributed by atoms with Crippen LogP contribution in [0.3, 0.4) is 0 Å². The van der Waals surface area contributed by atoms with Crippen molar-refractivity contribution in [2.75, 3.05) is 6.61 Å². The normalized spacial score (nSPS) is 11.5. The Bertz CT molecular complexity index is 2020. The number of H-pyrrole nitrogens is 1. The second kappa shape index (κ2) is 10.6. The summed E-state index contributed by atoms with van der Waals surface area (Å²) in [6.45, 7) is 1.17. The van der Waals surface area contributed by atoms with E-state index in [4.69, 9.17) is 4.74 Å². The van der Waals surface area contributed by atoms with Gasteiger partial charge in [0.15, 0.2) is 0 Å². The van der Waals surface area contributed by atoms with E-state index in [1.807, 2.05) is 66.4 Å². The molecule has 41 heavy (non-hydrogen) atoms. The lowest BCUT2D eigenvalue weighted by Crippen LogP contribution is -2.04. The van der Waals surface area contributed by atoms with Gasteiger partial charge in [-0.2, -0.15) is 0 Å². The predicted octanol–water partition coefficient (Wildman–Crippen LogP) is 7.55. The molecule has 2 N–H and O–H groups in total. The Morgan fingerprint density at radius 2 is 1.78 bits per heavy atom. The molecule has 8 heteroatoms. The van der Waals surface area contributed by atoms with Crippen LogP contribution >= 0.6 is 11.3 Å². The molecule has 202 valence electrons. The molecule has 0 aliphatic heterocycles. The van der Waals surface area contributed by atoms with Crippen LogP contribution in [0.2, 0.25) is 0 Å². The third-order valence-corrected chi connectivity index (χ3v) is 8.28. The molecule has 0 spiro atoms. The van der Waals surface area contributed by atoms with Crippen LogP contribution in [-0.2, 0) is 13.0 Å². The van der Waals surface area contributed by atoms with Crippen molar-refractivity contribution in [3.63, 3.8) is 0 Å². The van der Waals surface area contributed by atoms with Crippen LogP contribution in [0.4, 0.5) is 0 Å². The molecular weight excluding hydrogens is 532 g/mol. The molecule has 7 nitrogen and oxygen atoms in total. The molecule has 0 saturated carbocycles. The molecule has 4 heterocycles. The van der Waals surface area contributed by atoms with Gasteiger partial charge in [0.05, 0.1) is 35.9 Å². The highest BCUT2D eigenvalue weighted by atomic mass is 32.1. The number of pyridine rings is 1. The summed E-state index contributed by atoms with van der Waals surface area (Å²) in [6, 6.07) is 22.2. The van der Waals surface area contributed by atoms with E-state index < -0.39 is 5.97 Å². The zero-order valence-corrected chi connectivity index (χ0v) is 22.9. The number of aromatic amines is 1. The Labute approximate surface area is 239 Å². The van der Waals surface area contributed by atoms with Crippen LogP contribution in [-0.4, -0.2) is 37.2 Å². The van der Waals surface area contributed by atoms with Crippen LogP contribution < -0.4 is 4.74 Å². The highest BCUT2D eigenvalue weighted by Gasteiger charge is 2.21. The number of nitrogens with one attached hydrogen (secondary N) is 1. The summed E-state index contributed by atoms with van der Waals surface area (Å²) in [5.41, 5.74) is 6.69. The maximum absolute atomic E-state index is 12.4. The highest BCUT2D eigenvalue weighted by molar-refractivity contribution is 7.09. The average molecular weight is 559 g/mol. The van der Waals surface area contributed by atoms with Crippen LogP contribution in [0.15, 0.2) is 97.0 Å².